The Morgan fingerprint density at radius 2 is 1.96 bits per heavy atom. The first-order valence-corrected chi connectivity index (χ1v) is 9.91. The number of carbonyl (C=O) groups excluding carboxylic acids is 1. The minimum atomic E-state index is -3.99. The van der Waals surface area contributed by atoms with E-state index in [2.05, 4.69) is 4.72 Å². The molecule has 144 valence electrons. The van der Waals surface area contributed by atoms with Crippen LogP contribution < -0.4 is 4.72 Å². The van der Waals surface area contributed by atoms with Crippen LogP contribution in [0.1, 0.15) is 23.2 Å². The van der Waals surface area contributed by atoms with E-state index in [0.29, 0.717) is 31.5 Å². The van der Waals surface area contributed by atoms with Gasteiger partial charge in [-0.05, 0) is 30.9 Å². The van der Waals surface area contributed by atoms with Crippen LogP contribution in [0.2, 0.25) is 0 Å². The molecule has 0 spiro atoms. The number of furan rings is 1. The highest BCUT2D eigenvalue weighted by Gasteiger charge is 2.28. The molecule has 3 rings (SSSR count). The van der Waals surface area contributed by atoms with Gasteiger partial charge < -0.3 is 9.32 Å². The summed E-state index contributed by atoms with van der Waals surface area (Å²) in [7, 11) is -3.99. The van der Waals surface area contributed by atoms with Crippen molar-refractivity contribution in [1.82, 2.24) is 9.62 Å². The fourth-order valence-corrected chi connectivity index (χ4v) is 4.34. The van der Waals surface area contributed by atoms with E-state index in [1.807, 2.05) is 0 Å². The minimum Gasteiger partial charge on any atom is -0.472 e. The first-order chi connectivity index (χ1) is 12.9. The number of para-hydroxylation sites is 1. The lowest BCUT2D eigenvalue weighted by atomic mass is 9.97. The van der Waals surface area contributed by atoms with E-state index in [1.54, 1.807) is 11.0 Å². The molecule has 1 N–H and O–H groups in total. The minimum absolute atomic E-state index is 0.0518. The number of likely N-dealkylation sites (tertiary alicyclic amines) is 1. The number of rotatable bonds is 6. The largest absolute Gasteiger partial charge is 0.472 e. The van der Waals surface area contributed by atoms with E-state index in [9.17, 15) is 23.3 Å². The summed E-state index contributed by atoms with van der Waals surface area (Å²) in [5, 5.41) is 11.0. The molecule has 1 aromatic heterocycles. The van der Waals surface area contributed by atoms with Crippen molar-refractivity contribution in [2.24, 2.45) is 5.92 Å². The van der Waals surface area contributed by atoms with E-state index in [4.69, 9.17) is 4.42 Å². The summed E-state index contributed by atoms with van der Waals surface area (Å²) in [6.07, 6.45) is 4.12. The summed E-state index contributed by atoms with van der Waals surface area (Å²) in [6.45, 7) is 1.20. The molecule has 9 nitrogen and oxygen atoms in total. The van der Waals surface area contributed by atoms with Crippen LogP contribution in [-0.4, -0.2) is 43.8 Å². The molecule has 10 heteroatoms. The van der Waals surface area contributed by atoms with Gasteiger partial charge in [0.15, 0.2) is 4.90 Å². The molecular formula is C17H19N3O6S. The fourth-order valence-electron chi connectivity index (χ4n) is 3.05. The van der Waals surface area contributed by atoms with E-state index in [0.717, 1.165) is 6.07 Å². The van der Waals surface area contributed by atoms with Crippen molar-refractivity contribution in [3.05, 3.63) is 58.5 Å². The van der Waals surface area contributed by atoms with E-state index < -0.39 is 20.6 Å². The van der Waals surface area contributed by atoms with Crippen LogP contribution in [0.4, 0.5) is 5.69 Å². The third-order valence-electron chi connectivity index (χ3n) is 4.58. The highest BCUT2D eigenvalue weighted by Crippen LogP contribution is 2.24. The molecule has 0 unspecified atom stereocenters. The second-order valence-electron chi connectivity index (χ2n) is 6.32. The van der Waals surface area contributed by atoms with Crippen molar-refractivity contribution in [3.63, 3.8) is 0 Å². The summed E-state index contributed by atoms with van der Waals surface area (Å²) < 4.78 is 32.3. The predicted octanol–water partition coefficient (Wildman–Crippen LogP) is 2.02. The summed E-state index contributed by atoms with van der Waals surface area (Å²) >= 11 is 0. The molecular weight excluding hydrogens is 374 g/mol. The maximum absolute atomic E-state index is 12.4. The molecule has 1 aliphatic heterocycles. The second kappa shape index (κ2) is 7.89. The van der Waals surface area contributed by atoms with Gasteiger partial charge in [-0.25, -0.2) is 13.1 Å². The monoisotopic (exact) mass is 393 g/mol. The summed E-state index contributed by atoms with van der Waals surface area (Å²) in [4.78, 5) is 24.0. The van der Waals surface area contributed by atoms with Crippen LogP contribution in [0, 0.1) is 16.0 Å². The summed E-state index contributed by atoms with van der Waals surface area (Å²) in [6, 6.07) is 6.85. The molecule has 1 saturated heterocycles. The van der Waals surface area contributed by atoms with Gasteiger partial charge in [0.25, 0.3) is 11.6 Å². The lowest BCUT2D eigenvalue weighted by Gasteiger charge is -2.31. The van der Waals surface area contributed by atoms with Crippen LogP contribution in [0.25, 0.3) is 0 Å². The number of nitrogens with zero attached hydrogens (tertiary/aromatic N) is 2. The quantitative estimate of drug-likeness (QED) is 0.592. The van der Waals surface area contributed by atoms with Gasteiger partial charge in [-0.2, -0.15) is 0 Å². The van der Waals surface area contributed by atoms with Gasteiger partial charge in [0, 0.05) is 25.7 Å². The molecule has 1 aromatic carbocycles. The molecule has 27 heavy (non-hydrogen) atoms. The molecule has 2 aromatic rings. The Kier molecular flexibility index (Phi) is 5.57. The molecule has 0 aliphatic carbocycles. The van der Waals surface area contributed by atoms with Crippen molar-refractivity contribution < 1.29 is 22.6 Å². The fraction of sp³-hybridized carbons (Fsp3) is 0.353. The topological polar surface area (TPSA) is 123 Å². The number of sulfonamides is 1. The maximum Gasteiger partial charge on any atom is 0.289 e. The van der Waals surface area contributed by atoms with E-state index in [1.165, 1.54) is 30.7 Å². The highest BCUT2D eigenvalue weighted by atomic mass is 32.2. The summed E-state index contributed by atoms with van der Waals surface area (Å²) in [5.74, 6) is -0.0568. The number of piperidine rings is 1. The number of nitrogens with one attached hydrogen (secondary N) is 1. The van der Waals surface area contributed by atoms with Crippen LogP contribution in [-0.2, 0) is 10.0 Å². The van der Waals surface area contributed by atoms with Crippen molar-refractivity contribution >= 4 is 21.6 Å². The van der Waals surface area contributed by atoms with Gasteiger partial charge >= 0.3 is 0 Å². The number of benzene rings is 1. The zero-order valence-corrected chi connectivity index (χ0v) is 15.2. The molecule has 0 atom stereocenters. The Labute approximate surface area is 156 Å². The zero-order chi connectivity index (χ0) is 19.4. The van der Waals surface area contributed by atoms with Crippen molar-refractivity contribution in [2.75, 3.05) is 19.6 Å². The first-order valence-electron chi connectivity index (χ1n) is 8.43. The Morgan fingerprint density at radius 1 is 1.26 bits per heavy atom. The highest BCUT2D eigenvalue weighted by molar-refractivity contribution is 7.89. The van der Waals surface area contributed by atoms with Crippen LogP contribution >= 0.6 is 0 Å². The van der Waals surface area contributed by atoms with Crippen molar-refractivity contribution in [2.45, 2.75) is 17.7 Å². The van der Waals surface area contributed by atoms with Gasteiger partial charge in [-0.15, -0.1) is 0 Å². The molecule has 0 bridgehead atoms. The maximum atomic E-state index is 12.4. The number of hydrogen-bond donors (Lipinski definition) is 1. The molecule has 0 radical (unpaired) electrons. The van der Waals surface area contributed by atoms with Gasteiger partial charge in [0.1, 0.15) is 6.26 Å². The summed E-state index contributed by atoms with van der Waals surface area (Å²) in [5.41, 5.74) is 0.0380. The predicted molar refractivity (Wildman–Crippen MR) is 95.6 cm³/mol. The normalized spacial score (nSPS) is 15.6. The van der Waals surface area contributed by atoms with Gasteiger partial charge in [-0.3, -0.25) is 14.9 Å². The smallest absolute Gasteiger partial charge is 0.289 e. The Morgan fingerprint density at radius 3 is 2.59 bits per heavy atom. The molecule has 1 aliphatic rings. The molecule has 0 saturated carbocycles. The van der Waals surface area contributed by atoms with Crippen molar-refractivity contribution in [1.29, 1.82) is 0 Å². The number of nitro benzene ring substituents is 1. The molecule has 1 fully saturated rings. The lowest BCUT2D eigenvalue weighted by molar-refractivity contribution is -0.387. The number of nitro groups is 1. The van der Waals surface area contributed by atoms with Crippen LogP contribution in [0.3, 0.4) is 0 Å². The number of hydrogen-bond acceptors (Lipinski definition) is 6. The van der Waals surface area contributed by atoms with Crippen LogP contribution in [0.15, 0.2) is 52.2 Å². The third-order valence-corrected chi connectivity index (χ3v) is 6.05. The molecule has 1 amide bonds. The number of amides is 1. The van der Waals surface area contributed by atoms with Crippen LogP contribution in [0.5, 0.6) is 0 Å². The van der Waals surface area contributed by atoms with Crippen molar-refractivity contribution in [3.8, 4) is 0 Å². The Bertz CT molecular complexity index is 918. The van der Waals surface area contributed by atoms with E-state index in [-0.39, 0.29) is 23.3 Å². The van der Waals surface area contributed by atoms with E-state index >= 15 is 0 Å². The SMILES string of the molecule is O=C(c1ccoc1)N1CCC(CNS(=O)(=O)c2ccccc2[N+](=O)[O-])CC1. The lowest BCUT2D eigenvalue weighted by Crippen LogP contribution is -2.41. The number of carbonyl (C=O) groups is 1. The second-order valence-corrected chi connectivity index (χ2v) is 8.06. The average Bonchev–Trinajstić information content (AvgIpc) is 3.21. The zero-order valence-electron chi connectivity index (χ0n) is 14.4. The molecule has 2 heterocycles. The first kappa shape index (κ1) is 19.1. The van der Waals surface area contributed by atoms with Gasteiger partial charge in [0.05, 0.1) is 16.7 Å². The van der Waals surface area contributed by atoms with Gasteiger partial charge in [-0.1, -0.05) is 12.1 Å². The third kappa shape index (κ3) is 4.34. The average molecular weight is 393 g/mol. The Hall–Kier alpha value is -2.72. The standard InChI is InChI=1S/C17H19N3O6S/c21-17(14-7-10-26-12-14)19-8-5-13(6-9-19)11-18-27(24,25)16-4-2-1-3-15(16)20(22)23/h1-4,7,10,12-13,18H,5-6,8-9,11H2. The van der Waals surface area contributed by atoms with Gasteiger partial charge in [0.2, 0.25) is 10.0 Å². The Balaban J connectivity index is 1.57.